The van der Waals surface area contributed by atoms with E-state index < -0.39 is 0 Å². The number of halogens is 1. The van der Waals surface area contributed by atoms with E-state index >= 15 is 0 Å². The number of rotatable bonds is 3. The number of nitrogens with zero attached hydrogens (tertiary/aromatic N) is 3. The first kappa shape index (κ1) is 14.8. The molecular weight excluding hydrogens is 334 g/mol. The second-order valence-corrected chi connectivity index (χ2v) is 5.31. The lowest BCUT2D eigenvalue weighted by molar-refractivity contribution is 1.04. The zero-order valence-corrected chi connectivity index (χ0v) is 13.5. The molecule has 3 aromatic rings. The fraction of sp³-hybridized carbons (Fsp3) is 0.133. The topological polar surface area (TPSA) is 38.7 Å². The van der Waals surface area contributed by atoms with Gasteiger partial charge in [0.15, 0.2) is 0 Å². The van der Waals surface area contributed by atoms with Crippen LogP contribution < -0.4 is 0 Å². The van der Waals surface area contributed by atoms with Crippen LogP contribution >= 0.6 is 28.3 Å². The lowest BCUT2D eigenvalue weighted by atomic mass is 10.2. The monoisotopic (exact) mass is 347 g/mol. The maximum Gasteiger partial charge on any atom is 0.0992 e. The van der Waals surface area contributed by atoms with Crippen molar-refractivity contribution in [1.82, 2.24) is 15.0 Å². The molecule has 0 amide bonds. The maximum absolute atomic E-state index is 4.64. The average Bonchev–Trinajstić information content (AvgIpc) is 2.88. The van der Waals surface area contributed by atoms with E-state index in [4.69, 9.17) is 0 Å². The van der Waals surface area contributed by atoms with E-state index in [9.17, 15) is 0 Å². The highest BCUT2D eigenvalue weighted by molar-refractivity contribution is 8.93. The van der Waals surface area contributed by atoms with Gasteiger partial charge in [-0.15, -0.1) is 28.3 Å². The minimum Gasteiger partial charge on any atom is -0.264 e. The maximum atomic E-state index is 4.64. The number of pyridine rings is 2. The Morgan fingerprint density at radius 2 is 2.10 bits per heavy atom. The van der Waals surface area contributed by atoms with Crippen molar-refractivity contribution in [1.29, 1.82) is 0 Å². The summed E-state index contributed by atoms with van der Waals surface area (Å²) in [5.41, 5.74) is 4.34. The normalized spacial score (nSPS) is 10.1. The van der Waals surface area contributed by atoms with Crippen LogP contribution in [0.3, 0.4) is 0 Å². The third-order valence-corrected chi connectivity index (χ3v) is 3.66. The molecule has 0 saturated carbocycles. The number of hydrogen-bond acceptors (Lipinski definition) is 4. The van der Waals surface area contributed by atoms with E-state index in [0.717, 1.165) is 28.4 Å². The largest absolute Gasteiger partial charge is 0.264 e. The van der Waals surface area contributed by atoms with Gasteiger partial charge in [0, 0.05) is 41.6 Å². The second-order valence-electron chi connectivity index (χ2n) is 4.37. The zero-order valence-electron chi connectivity index (χ0n) is 11.0. The summed E-state index contributed by atoms with van der Waals surface area (Å²) in [5.74, 6) is 0. The van der Waals surface area contributed by atoms with E-state index in [1.54, 1.807) is 17.5 Å². The molecule has 3 aromatic heterocycles. The third kappa shape index (κ3) is 3.49. The Bertz CT molecular complexity index is 682. The van der Waals surface area contributed by atoms with Gasteiger partial charge in [0.25, 0.3) is 0 Å². The zero-order chi connectivity index (χ0) is 13.1. The molecule has 0 bridgehead atoms. The first-order valence-electron chi connectivity index (χ1n) is 6.07. The van der Waals surface area contributed by atoms with Crippen molar-refractivity contribution in [3.8, 4) is 11.3 Å². The van der Waals surface area contributed by atoms with Gasteiger partial charge in [-0.3, -0.25) is 9.97 Å². The number of aryl methyl sites for hydroxylation is 1. The summed E-state index contributed by atoms with van der Waals surface area (Å²) in [6, 6.07) is 8.06. The van der Waals surface area contributed by atoms with Crippen LogP contribution in [0.15, 0.2) is 48.2 Å². The lowest BCUT2D eigenvalue weighted by Gasteiger charge is -1.98. The molecule has 3 heterocycles. The van der Waals surface area contributed by atoms with Crippen molar-refractivity contribution >= 4 is 28.3 Å². The van der Waals surface area contributed by atoms with Gasteiger partial charge in [-0.1, -0.05) is 0 Å². The van der Waals surface area contributed by atoms with Gasteiger partial charge in [0.1, 0.15) is 0 Å². The smallest absolute Gasteiger partial charge is 0.0992 e. The van der Waals surface area contributed by atoms with Gasteiger partial charge >= 0.3 is 0 Å². The van der Waals surface area contributed by atoms with Gasteiger partial charge < -0.3 is 0 Å². The van der Waals surface area contributed by atoms with Crippen LogP contribution in [-0.2, 0) is 6.42 Å². The summed E-state index contributed by atoms with van der Waals surface area (Å²) < 4.78 is 0. The molecule has 0 atom stereocenters. The van der Waals surface area contributed by atoms with Gasteiger partial charge in [0.05, 0.1) is 10.7 Å². The Morgan fingerprint density at radius 3 is 2.85 bits per heavy atom. The van der Waals surface area contributed by atoms with Gasteiger partial charge in [0.2, 0.25) is 0 Å². The fourth-order valence-electron chi connectivity index (χ4n) is 1.89. The highest BCUT2D eigenvalue weighted by atomic mass is 79.9. The van der Waals surface area contributed by atoms with E-state index in [1.807, 2.05) is 30.6 Å². The molecule has 0 aromatic carbocycles. The Balaban J connectivity index is 0.00000147. The highest BCUT2D eigenvalue weighted by Crippen LogP contribution is 2.22. The molecule has 3 rings (SSSR count). The average molecular weight is 348 g/mol. The summed E-state index contributed by atoms with van der Waals surface area (Å²) in [6.45, 7) is 2.08. The summed E-state index contributed by atoms with van der Waals surface area (Å²) in [7, 11) is 0. The van der Waals surface area contributed by atoms with Crippen LogP contribution in [0, 0.1) is 6.92 Å². The molecule has 5 heteroatoms. The number of hydrogen-bond donors (Lipinski definition) is 0. The molecule has 0 aliphatic heterocycles. The Kier molecular flexibility index (Phi) is 4.98. The SMILES string of the molecule is Br.Cc1ccnc(Cc2nc(-c3cccnc3)cs2)c1. The molecule has 0 fully saturated rings. The predicted octanol–water partition coefficient (Wildman–Crippen LogP) is 4.08. The summed E-state index contributed by atoms with van der Waals surface area (Å²) in [4.78, 5) is 13.1. The van der Waals surface area contributed by atoms with Crippen molar-refractivity contribution in [2.45, 2.75) is 13.3 Å². The molecule has 20 heavy (non-hydrogen) atoms. The molecule has 0 spiro atoms. The van der Waals surface area contributed by atoms with Gasteiger partial charge in [-0.2, -0.15) is 0 Å². The second kappa shape index (κ2) is 6.72. The van der Waals surface area contributed by atoms with Crippen LogP contribution in [0.25, 0.3) is 11.3 Å². The van der Waals surface area contributed by atoms with Crippen LogP contribution in [0.1, 0.15) is 16.3 Å². The van der Waals surface area contributed by atoms with E-state index in [2.05, 4.69) is 33.3 Å². The van der Waals surface area contributed by atoms with E-state index in [1.165, 1.54) is 5.56 Å². The van der Waals surface area contributed by atoms with E-state index in [0.29, 0.717) is 0 Å². The quantitative estimate of drug-likeness (QED) is 0.716. The molecule has 0 aliphatic rings. The van der Waals surface area contributed by atoms with E-state index in [-0.39, 0.29) is 17.0 Å². The molecule has 3 nitrogen and oxygen atoms in total. The lowest BCUT2D eigenvalue weighted by Crippen LogP contribution is -1.92. The molecule has 0 aliphatic carbocycles. The minimum absolute atomic E-state index is 0. The molecule has 0 radical (unpaired) electrons. The first-order valence-corrected chi connectivity index (χ1v) is 6.95. The van der Waals surface area contributed by atoms with Crippen LogP contribution in [0.5, 0.6) is 0 Å². The first-order chi connectivity index (χ1) is 9.31. The fourth-order valence-corrected chi connectivity index (χ4v) is 2.71. The standard InChI is InChI=1S/C15H13N3S.BrH/c1-11-4-6-17-13(7-11)8-15-18-14(10-19-15)12-3-2-5-16-9-12;/h2-7,9-10H,8H2,1H3;1H. The predicted molar refractivity (Wildman–Crippen MR) is 87.4 cm³/mol. The third-order valence-electron chi connectivity index (χ3n) is 2.81. The van der Waals surface area contributed by atoms with Crippen LogP contribution in [-0.4, -0.2) is 15.0 Å². The summed E-state index contributed by atoms with van der Waals surface area (Å²) in [6.07, 6.45) is 6.24. The molecular formula is C15H14BrN3S. The Hall–Kier alpha value is -1.59. The summed E-state index contributed by atoms with van der Waals surface area (Å²) >= 11 is 1.67. The number of thiazole rings is 1. The summed E-state index contributed by atoms with van der Waals surface area (Å²) in [5, 5.41) is 3.15. The molecule has 0 unspecified atom stereocenters. The minimum atomic E-state index is 0. The van der Waals surface area contributed by atoms with Crippen molar-refractivity contribution in [2.75, 3.05) is 0 Å². The Labute approximate surface area is 132 Å². The molecule has 102 valence electrons. The van der Waals surface area contributed by atoms with Gasteiger partial charge in [-0.25, -0.2) is 4.98 Å². The van der Waals surface area contributed by atoms with Crippen molar-refractivity contribution in [3.63, 3.8) is 0 Å². The molecule has 0 N–H and O–H groups in total. The van der Waals surface area contributed by atoms with Crippen molar-refractivity contribution in [2.24, 2.45) is 0 Å². The van der Waals surface area contributed by atoms with Crippen LogP contribution in [0.4, 0.5) is 0 Å². The van der Waals surface area contributed by atoms with Gasteiger partial charge in [-0.05, 0) is 36.8 Å². The Morgan fingerprint density at radius 1 is 1.20 bits per heavy atom. The van der Waals surface area contributed by atoms with Crippen LogP contribution in [0.2, 0.25) is 0 Å². The highest BCUT2D eigenvalue weighted by Gasteiger charge is 2.06. The van der Waals surface area contributed by atoms with Crippen molar-refractivity contribution in [3.05, 3.63) is 64.5 Å². The number of aromatic nitrogens is 3. The van der Waals surface area contributed by atoms with Crippen molar-refractivity contribution < 1.29 is 0 Å². The molecule has 0 saturated heterocycles.